The fraction of sp³-hybridized carbons (Fsp3) is 0.800. The Morgan fingerprint density at radius 2 is 0.923 bits per heavy atom. The van der Waals surface area contributed by atoms with Crippen molar-refractivity contribution in [2.24, 2.45) is 35.5 Å². The van der Waals surface area contributed by atoms with Gasteiger partial charge in [0, 0.05) is 6.42 Å². The second-order valence-electron chi connectivity index (χ2n) is 22.8. The number of aliphatic hydroxyl groups excluding tert-OH is 1. The number of rotatable bonds is 27. The molecule has 0 spiro atoms. The number of carbonyl (C=O) groups excluding carboxylic acids is 8. The highest BCUT2D eigenvalue weighted by atomic mass is 16.5. The minimum Gasteiger partial charge on any atom is -0.481 e. The maximum absolute atomic E-state index is 14.4. The number of carbonyl (C=O) groups is 11. The quantitative estimate of drug-likeness (QED) is 0.0411. The van der Waals surface area contributed by atoms with Crippen molar-refractivity contribution in [3.8, 4) is 0 Å². The first-order valence-corrected chi connectivity index (χ1v) is 28.1. The Labute approximate surface area is 460 Å². The van der Waals surface area contributed by atoms with Crippen LogP contribution in [0.25, 0.3) is 0 Å². The first kappa shape index (κ1) is 70.1. The van der Waals surface area contributed by atoms with E-state index >= 15 is 0 Å². The van der Waals surface area contributed by atoms with E-state index in [0.29, 0.717) is 32.1 Å². The van der Waals surface area contributed by atoms with E-state index in [1.54, 1.807) is 76.2 Å². The lowest BCUT2D eigenvalue weighted by molar-refractivity contribution is -0.159. The molecular weight excluding hydrogens is 1010 g/mol. The van der Waals surface area contributed by atoms with Crippen molar-refractivity contribution >= 4 is 65.2 Å². The lowest BCUT2D eigenvalue weighted by Crippen LogP contribution is -2.61. The standard InChI is InChI=1S/C55H95N7O16/c1-12-34(10)48-55(77)78-42(35(11)20-18-16-14-13-15-17-19-21-36(63)27-45(67)68)29-43(64)56-37(22-23-44(65)66)49(71)57-38(24-30(2)3)50(72)58-39(25-31(4)5)52(74)61-47(33(8)9)54(76)60-41(28-46(69)70)51(73)59-40(26-32(6)7)53(75)62-48/h30-42,47-48,63H,12-29H2,1-11H3,(H,56,64)(H,57,71)(H,58,72)(H,59,73)(H,60,76)(H,61,74)(H,62,75)(H,65,66)(H,67,68)(H,69,70). The summed E-state index contributed by atoms with van der Waals surface area (Å²) in [5.74, 6) is -13.2. The molecule has 446 valence electrons. The molecule has 23 nitrogen and oxygen atoms in total. The Bertz CT molecular complexity index is 1980. The van der Waals surface area contributed by atoms with Gasteiger partial charge in [-0.25, -0.2) is 4.79 Å². The molecule has 1 rings (SSSR count). The zero-order chi connectivity index (χ0) is 59.4. The van der Waals surface area contributed by atoms with Gasteiger partial charge in [-0.1, -0.05) is 128 Å². The number of hydrogen-bond donors (Lipinski definition) is 11. The first-order chi connectivity index (χ1) is 36.4. The fourth-order valence-corrected chi connectivity index (χ4v) is 9.06. The average Bonchev–Trinajstić information content (AvgIpc) is 3.32. The number of esters is 1. The summed E-state index contributed by atoms with van der Waals surface area (Å²) >= 11 is 0. The van der Waals surface area contributed by atoms with E-state index in [1.165, 1.54) is 0 Å². The number of aliphatic carboxylic acids is 3. The highest BCUT2D eigenvalue weighted by Crippen LogP contribution is 2.23. The van der Waals surface area contributed by atoms with Gasteiger partial charge >= 0.3 is 23.9 Å². The largest absolute Gasteiger partial charge is 0.481 e. The summed E-state index contributed by atoms with van der Waals surface area (Å²) in [4.78, 5) is 148. The molecule has 1 heterocycles. The third-order valence-electron chi connectivity index (χ3n) is 13.7. The van der Waals surface area contributed by atoms with Crippen LogP contribution in [0.4, 0.5) is 0 Å². The zero-order valence-electron chi connectivity index (χ0n) is 48.1. The van der Waals surface area contributed by atoms with Crippen LogP contribution in [0.1, 0.15) is 192 Å². The number of hydrogen-bond acceptors (Lipinski definition) is 13. The monoisotopic (exact) mass is 1110 g/mol. The zero-order valence-corrected chi connectivity index (χ0v) is 48.1. The minimum absolute atomic E-state index is 0.00557. The molecule has 1 aliphatic rings. The molecule has 0 radical (unpaired) electrons. The molecule has 7 amide bonds. The molecule has 78 heavy (non-hydrogen) atoms. The number of aliphatic hydroxyl groups is 1. The predicted octanol–water partition coefficient (Wildman–Crippen LogP) is 3.86. The maximum atomic E-state index is 14.4. The Kier molecular flexibility index (Phi) is 32.7. The van der Waals surface area contributed by atoms with Crippen LogP contribution in [0.3, 0.4) is 0 Å². The van der Waals surface area contributed by atoms with Crippen LogP contribution in [0, 0.1) is 35.5 Å². The minimum atomic E-state index is -1.75. The molecule has 0 saturated carbocycles. The summed E-state index contributed by atoms with van der Waals surface area (Å²) in [6, 6.07) is -9.92. The highest BCUT2D eigenvalue weighted by molar-refractivity contribution is 5.98. The number of amides is 7. The van der Waals surface area contributed by atoms with Crippen LogP contribution in [0.5, 0.6) is 0 Å². The van der Waals surface area contributed by atoms with Gasteiger partial charge in [0.05, 0.1) is 25.4 Å². The van der Waals surface area contributed by atoms with Crippen LogP contribution in [0.2, 0.25) is 0 Å². The number of carboxylic acid groups (broad SMARTS) is 3. The van der Waals surface area contributed by atoms with E-state index in [9.17, 15) is 68.1 Å². The van der Waals surface area contributed by atoms with Gasteiger partial charge in [0.2, 0.25) is 41.4 Å². The summed E-state index contributed by atoms with van der Waals surface area (Å²) < 4.78 is 6.15. The lowest BCUT2D eigenvalue weighted by atomic mass is 9.93. The molecule has 23 heteroatoms. The number of nitrogens with one attached hydrogen (secondary N) is 7. The fourth-order valence-electron chi connectivity index (χ4n) is 9.06. The molecule has 0 aliphatic carbocycles. The van der Waals surface area contributed by atoms with Crippen molar-refractivity contribution in [2.45, 2.75) is 246 Å². The molecule has 11 unspecified atom stereocenters. The van der Waals surface area contributed by atoms with E-state index in [0.717, 1.165) is 32.1 Å². The molecule has 0 aromatic carbocycles. The molecule has 11 atom stereocenters. The topological polar surface area (TPSA) is 362 Å². The molecule has 1 fully saturated rings. The van der Waals surface area contributed by atoms with Gasteiger partial charge in [-0.15, -0.1) is 0 Å². The van der Waals surface area contributed by atoms with Crippen molar-refractivity contribution in [2.75, 3.05) is 0 Å². The van der Waals surface area contributed by atoms with Crippen molar-refractivity contribution in [1.29, 1.82) is 0 Å². The van der Waals surface area contributed by atoms with E-state index < -0.39 is 163 Å². The van der Waals surface area contributed by atoms with Crippen molar-refractivity contribution in [3.05, 3.63) is 0 Å². The highest BCUT2D eigenvalue weighted by Gasteiger charge is 2.38. The summed E-state index contributed by atoms with van der Waals surface area (Å²) in [5, 5.41) is 56.6. The van der Waals surface area contributed by atoms with Crippen molar-refractivity contribution < 1.29 is 77.9 Å². The smallest absolute Gasteiger partial charge is 0.329 e. The summed E-state index contributed by atoms with van der Waals surface area (Å²) in [6.07, 6.45) is 2.09. The van der Waals surface area contributed by atoms with Crippen LogP contribution >= 0.6 is 0 Å². The molecule has 1 saturated heterocycles. The normalized spacial score (nSPS) is 24.3. The van der Waals surface area contributed by atoms with Crippen molar-refractivity contribution in [3.63, 3.8) is 0 Å². The summed E-state index contributed by atoms with van der Waals surface area (Å²) in [7, 11) is 0. The van der Waals surface area contributed by atoms with Crippen LogP contribution in [0.15, 0.2) is 0 Å². The van der Waals surface area contributed by atoms with Gasteiger partial charge in [-0.05, 0) is 74.0 Å². The van der Waals surface area contributed by atoms with Crippen LogP contribution < -0.4 is 37.2 Å². The van der Waals surface area contributed by atoms with E-state index in [4.69, 9.17) is 9.84 Å². The van der Waals surface area contributed by atoms with Gasteiger partial charge in [-0.3, -0.25) is 47.9 Å². The number of cyclic esters (lactones) is 1. The number of carboxylic acids is 3. The number of unbranched alkanes of at least 4 members (excludes halogenated alkanes) is 6. The molecule has 11 N–H and O–H groups in total. The second kappa shape index (κ2) is 36.3. The SMILES string of the molecule is CCC(C)C1NC(=O)C(CC(C)C)NC(=O)C(CC(=O)O)NC(=O)C(C(C)C)NC(=O)C(CC(C)C)NC(=O)C(CC(C)C)NC(=O)C(CCC(=O)O)NC(=O)CC(C(C)CCCCCCCCCC(O)CC(=O)O)OC1=O. The third-order valence-corrected chi connectivity index (χ3v) is 13.7. The Hall–Kier alpha value is -5.87. The van der Waals surface area contributed by atoms with Crippen LogP contribution in [-0.4, -0.2) is 140 Å². The first-order valence-electron chi connectivity index (χ1n) is 28.1. The van der Waals surface area contributed by atoms with Crippen LogP contribution in [-0.2, 0) is 57.5 Å². The van der Waals surface area contributed by atoms with Gasteiger partial charge in [0.25, 0.3) is 0 Å². The van der Waals surface area contributed by atoms with Gasteiger partial charge in [0.1, 0.15) is 48.4 Å². The van der Waals surface area contributed by atoms with E-state index in [1.807, 2.05) is 0 Å². The molecule has 0 bridgehead atoms. The van der Waals surface area contributed by atoms with Gasteiger partial charge in [-0.2, -0.15) is 0 Å². The van der Waals surface area contributed by atoms with Crippen molar-refractivity contribution in [1.82, 2.24) is 37.2 Å². The Morgan fingerprint density at radius 1 is 0.500 bits per heavy atom. The average molecular weight is 1110 g/mol. The summed E-state index contributed by atoms with van der Waals surface area (Å²) in [5.41, 5.74) is 0. The second-order valence-corrected chi connectivity index (χ2v) is 22.8. The third kappa shape index (κ3) is 28.1. The molecular formula is C55H95N7O16. The molecule has 0 aromatic heterocycles. The number of ether oxygens (including phenoxy) is 1. The predicted molar refractivity (Wildman–Crippen MR) is 289 cm³/mol. The maximum Gasteiger partial charge on any atom is 0.329 e. The Morgan fingerprint density at radius 3 is 1.36 bits per heavy atom. The molecule has 1 aliphatic heterocycles. The molecule has 0 aromatic rings. The van der Waals surface area contributed by atoms with Gasteiger partial charge in [0.15, 0.2) is 0 Å². The summed E-state index contributed by atoms with van der Waals surface area (Å²) in [6.45, 7) is 19.1. The van der Waals surface area contributed by atoms with Gasteiger partial charge < -0.3 is 62.4 Å². The van der Waals surface area contributed by atoms with E-state index in [2.05, 4.69) is 37.2 Å². The van der Waals surface area contributed by atoms with E-state index in [-0.39, 0.29) is 43.4 Å². The Balaban J connectivity index is 3.93. The lowest BCUT2D eigenvalue weighted by Gasteiger charge is -2.31.